The van der Waals surface area contributed by atoms with Crippen molar-refractivity contribution in [1.29, 1.82) is 0 Å². The van der Waals surface area contributed by atoms with Crippen LogP contribution in [0.4, 0.5) is 0 Å². The van der Waals surface area contributed by atoms with Crippen molar-refractivity contribution in [1.82, 2.24) is 10.9 Å². The predicted octanol–water partition coefficient (Wildman–Crippen LogP) is 3.31. The van der Waals surface area contributed by atoms with Crippen molar-refractivity contribution in [3.63, 3.8) is 0 Å². The molecule has 2 N–H and O–H groups in total. The van der Waals surface area contributed by atoms with Crippen LogP contribution >= 0.6 is 15.9 Å². The van der Waals surface area contributed by atoms with Crippen LogP contribution in [0.2, 0.25) is 0 Å². The van der Waals surface area contributed by atoms with Crippen molar-refractivity contribution < 1.29 is 9.59 Å². The molecule has 0 aromatic heterocycles. The maximum atomic E-state index is 12.1. The van der Waals surface area contributed by atoms with Gasteiger partial charge in [0.1, 0.15) is 0 Å². The third-order valence-electron chi connectivity index (χ3n) is 2.83. The number of amides is 1. The van der Waals surface area contributed by atoms with Crippen LogP contribution in [-0.4, -0.2) is 11.7 Å². The quantitative estimate of drug-likeness (QED) is 0.636. The number of nitrogens with one attached hydrogen (secondary N) is 2. The Hall–Kier alpha value is -2.40. The summed E-state index contributed by atoms with van der Waals surface area (Å²) < 4.78 is 0.822. The number of hydrogen-bond donors (Lipinski definition) is 2. The van der Waals surface area contributed by atoms with E-state index in [9.17, 15) is 9.59 Å². The summed E-state index contributed by atoms with van der Waals surface area (Å²) in [5.41, 5.74) is 7.27. The fraction of sp³-hybridized carbons (Fsp3) is 0.0588. The van der Waals surface area contributed by atoms with E-state index >= 15 is 0 Å². The van der Waals surface area contributed by atoms with Crippen molar-refractivity contribution in [2.45, 2.75) is 6.92 Å². The lowest BCUT2D eigenvalue weighted by Gasteiger charge is -2.12. The average molecular weight is 359 g/mol. The first-order valence-corrected chi connectivity index (χ1v) is 7.45. The van der Waals surface area contributed by atoms with Gasteiger partial charge in [-0.25, -0.2) is 0 Å². The summed E-state index contributed by atoms with van der Waals surface area (Å²) in [5.74, 6) is -0.394. The lowest BCUT2D eigenvalue weighted by molar-refractivity contribution is -0.112. The summed E-state index contributed by atoms with van der Waals surface area (Å²) in [6, 6.07) is 16.4. The highest BCUT2D eigenvalue weighted by molar-refractivity contribution is 9.10. The molecule has 2 aromatic carbocycles. The average Bonchev–Trinajstić information content (AvgIpc) is 2.51. The largest absolute Gasteiger partial charge is 0.298 e. The molecule has 0 aliphatic rings. The number of hydrazine groups is 1. The van der Waals surface area contributed by atoms with E-state index in [-0.39, 0.29) is 11.7 Å². The lowest BCUT2D eigenvalue weighted by Crippen LogP contribution is -2.36. The number of carbonyl (C=O) groups excluding carboxylic acids is 2. The topological polar surface area (TPSA) is 58.2 Å². The van der Waals surface area contributed by atoms with E-state index in [4.69, 9.17) is 0 Å². The Morgan fingerprint density at radius 2 is 1.64 bits per heavy atom. The molecular weight excluding hydrogens is 344 g/mol. The molecule has 112 valence electrons. The van der Waals surface area contributed by atoms with E-state index in [1.807, 2.05) is 36.4 Å². The fourth-order valence-corrected chi connectivity index (χ4v) is 2.24. The predicted molar refractivity (Wildman–Crippen MR) is 89.8 cm³/mol. The van der Waals surface area contributed by atoms with Gasteiger partial charge in [-0.05, 0) is 30.7 Å². The molecule has 0 atom stereocenters. The van der Waals surface area contributed by atoms with Crippen molar-refractivity contribution in [2.24, 2.45) is 0 Å². The molecule has 0 unspecified atom stereocenters. The smallest absolute Gasteiger partial charge is 0.269 e. The molecule has 0 bridgehead atoms. The summed E-state index contributed by atoms with van der Waals surface area (Å²) in [7, 11) is 0. The monoisotopic (exact) mass is 358 g/mol. The Kier molecular flexibility index (Phi) is 5.49. The standard InChI is InChI=1S/C17H15BrN2O2/c1-12(21)10-16(13-6-3-2-4-7-13)19-20-17(22)14-8-5-9-15(18)11-14/h2-11,19H,1H3,(H,20,22). The molecule has 4 nitrogen and oxygen atoms in total. The first-order chi connectivity index (χ1) is 10.6. The van der Waals surface area contributed by atoms with Crippen LogP contribution in [0.25, 0.3) is 5.70 Å². The van der Waals surface area contributed by atoms with Crippen molar-refractivity contribution in [3.8, 4) is 0 Å². The van der Waals surface area contributed by atoms with Gasteiger partial charge in [-0.1, -0.05) is 52.3 Å². The van der Waals surface area contributed by atoms with Gasteiger partial charge in [0.2, 0.25) is 0 Å². The number of hydrogen-bond acceptors (Lipinski definition) is 3. The van der Waals surface area contributed by atoms with Crippen LogP contribution in [0, 0.1) is 0 Å². The van der Waals surface area contributed by atoms with Crippen LogP contribution in [0.15, 0.2) is 65.1 Å². The zero-order valence-electron chi connectivity index (χ0n) is 12.0. The first kappa shape index (κ1) is 16.0. The molecule has 0 saturated heterocycles. The summed E-state index contributed by atoms with van der Waals surface area (Å²) in [5, 5.41) is 0. The van der Waals surface area contributed by atoms with E-state index < -0.39 is 0 Å². The van der Waals surface area contributed by atoms with E-state index in [1.54, 1.807) is 18.2 Å². The number of allylic oxidation sites excluding steroid dienone is 1. The van der Waals surface area contributed by atoms with Gasteiger partial charge in [0.25, 0.3) is 5.91 Å². The minimum atomic E-state index is -0.285. The van der Waals surface area contributed by atoms with Gasteiger partial charge < -0.3 is 0 Å². The second-order valence-corrected chi connectivity index (χ2v) is 5.54. The van der Waals surface area contributed by atoms with E-state index in [0.29, 0.717) is 11.3 Å². The van der Waals surface area contributed by atoms with Crippen LogP contribution in [0.5, 0.6) is 0 Å². The molecule has 0 saturated carbocycles. The van der Waals surface area contributed by atoms with Crippen molar-refractivity contribution in [2.75, 3.05) is 0 Å². The van der Waals surface area contributed by atoms with Gasteiger partial charge in [-0.3, -0.25) is 20.4 Å². The number of carbonyl (C=O) groups is 2. The van der Waals surface area contributed by atoms with Crippen molar-refractivity contribution in [3.05, 3.63) is 76.3 Å². The first-order valence-electron chi connectivity index (χ1n) is 6.66. The van der Waals surface area contributed by atoms with E-state index in [1.165, 1.54) is 13.0 Å². The Morgan fingerprint density at radius 3 is 2.27 bits per heavy atom. The molecule has 2 rings (SSSR count). The molecule has 0 aliphatic heterocycles. The second-order valence-electron chi connectivity index (χ2n) is 4.62. The number of ketones is 1. The highest BCUT2D eigenvalue weighted by atomic mass is 79.9. The second kappa shape index (κ2) is 7.56. The third kappa shape index (κ3) is 4.56. The lowest BCUT2D eigenvalue weighted by atomic mass is 10.1. The summed E-state index contributed by atoms with van der Waals surface area (Å²) >= 11 is 3.32. The van der Waals surface area contributed by atoms with Gasteiger partial charge in [-0.2, -0.15) is 0 Å². The van der Waals surface area contributed by atoms with Gasteiger partial charge >= 0.3 is 0 Å². The minimum absolute atomic E-state index is 0.108. The summed E-state index contributed by atoms with van der Waals surface area (Å²) in [6.45, 7) is 1.46. The van der Waals surface area contributed by atoms with Gasteiger partial charge in [0.15, 0.2) is 5.78 Å². The fourth-order valence-electron chi connectivity index (χ4n) is 1.84. The molecule has 22 heavy (non-hydrogen) atoms. The summed E-state index contributed by atoms with van der Waals surface area (Å²) in [6.07, 6.45) is 1.44. The molecule has 1 amide bonds. The molecule has 0 aliphatic carbocycles. The van der Waals surface area contributed by atoms with Crippen LogP contribution < -0.4 is 10.9 Å². The highest BCUT2D eigenvalue weighted by Gasteiger charge is 2.07. The normalized spacial score (nSPS) is 10.9. The molecule has 0 radical (unpaired) electrons. The highest BCUT2D eigenvalue weighted by Crippen LogP contribution is 2.12. The van der Waals surface area contributed by atoms with Gasteiger partial charge in [-0.15, -0.1) is 0 Å². The Morgan fingerprint density at radius 1 is 0.955 bits per heavy atom. The molecule has 5 heteroatoms. The van der Waals surface area contributed by atoms with Gasteiger partial charge in [0.05, 0.1) is 5.70 Å². The third-order valence-corrected chi connectivity index (χ3v) is 3.32. The number of benzene rings is 2. The van der Waals surface area contributed by atoms with Crippen LogP contribution in [0.3, 0.4) is 0 Å². The van der Waals surface area contributed by atoms with E-state index in [2.05, 4.69) is 26.8 Å². The zero-order chi connectivity index (χ0) is 15.9. The molecule has 0 fully saturated rings. The summed E-state index contributed by atoms with van der Waals surface area (Å²) in [4.78, 5) is 23.5. The molecule has 0 spiro atoms. The molecule has 2 aromatic rings. The maximum absolute atomic E-state index is 12.1. The van der Waals surface area contributed by atoms with Crippen LogP contribution in [-0.2, 0) is 4.79 Å². The SMILES string of the molecule is CC(=O)C=C(NNC(=O)c1cccc(Br)c1)c1ccccc1. The molecule has 0 heterocycles. The Bertz CT molecular complexity index is 712. The van der Waals surface area contributed by atoms with Crippen molar-refractivity contribution >= 4 is 33.3 Å². The Balaban J connectivity index is 2.12. The number of halogens is 1. The zero-order valence-corrected chi connectivity index (χ0v) is 13.6. The minimum Gasteiger partial charge on any atom is -0.298 e. The van der Waals surface area contributed by atoms with E-state index in [0.717, 1.165) is 10.0 Å². The maximum Gasteiger partial charge on any atom is 0.269 e. The van der Waals surface area contributed by atoms with Gasteiger partial charge in [0, 0.05) is 16.1 Å². The Labute approximate surface area is 137 Å². The molecular formula is C17H15BrN2O2. The van der Waals surface area contributed by atoms with Crippen LogP contribution in [0.1, 0.15) is 22.8 Å². The number of rotatable bonds is 5.